The standard InChI is InChI=1S/C21H21ClFN3O2S/c1-12-5-17(29-4)9-18(13(12)2)24-21-25-20(27)19(28-3)11-26(21)10-14-6-15(22)8-16(23)7-14/h5-9,11H,10H2,1-4H3,(H,24,25,27). The van der Waals surface area contributed by atoms with E-state index in [9.17, 15) is 9.18 Å². The first-order valence-corrected chi connectivity index (χ1v) is 10.4. The molecule has 0 amide bonds. The highest BCUT2D eigenvalue weighted by Crippen LogP contribution is 2.28. The SMILES string of the molecule is COc1cn(Cc2cc(F)cc(Cl)c2)c(Nc2cc(SC)cc(C)c2C)nc1=O. The predicted molar refractivity (Wildman–Crippen MR) is 117 cm³/mol. The summed E-state index contributed by atoms with van der Waals surface area (Å²) in [5, 5.41) is 3.55. The van der Waals surface area contributed by atoms with E-state index in [1.807, 2.05) is 26.2 Å². The van der Waals surface area contributed by atoms with Crippen molar-refractivity contribution in [3.63, 3.8) is 0 Å². The van der Waals surface area contributed by atoms with E-state index in [4.69, 9.17) is 16.3 Å². The molecule has 8 heteroatoms. The van der Waals surface area contributed by atoms with Gasteiger partial charge >= 0.3 is 5.56 Å². The molecular formula is C21H21ClFN3O2S. The van der Waals surface area contributed by atoms with Gasteiger partial charge < -0.3 is 14.6 Å². The van der Waals surface area contributed by atoms with E-state index in [-0.39, 0.29) is 12.3 Å². The van der Waals surface area contributed by atoms with Crippen LogP contribution in [0, 0.1) is 19.7 Å². The quantitative estimate of drug-likeness (QED) is 0.543. The van der Waals surface area contributed by atoms with Crippen LogP contribution < -0.4 is 15.6 Å². The molecule has 0 spiro atoms. The van der Waals surface area contributed by atoms with Gasteiger partial charge in [-0.05, 0) is 67.1 Å². The zero-order valence-corrected chi connectivity index (χ0v) is 18.1. The lowest BCUT2D eigenvalue weighted by Crippen LogP contribution is -2.19. The summed E-state index contributed by atoms with van der Waals surface area (Å²) in [6.07, 6.45) is 3.56. The number of nitrogens with zero attached hydrogens (tertiary/aromatic N) is 2. The third-order valence-corrected chi connectivity index (χ3v) is 5.51. The Hall–Kier alpha value is -2.51. The minimum atomic E-state index is -0.487. The molecule has 0 aliphatic heterocycles. The van der Waals surface area contributed by atoms with Crippen molar-refractivity contribution in [1.29, 1.82) is 0 Å². The number of nitrogens with one attached hydrogen (secondary N) is 1. The largest absolute Gasteiger partial charge is 0.490 e. The average molecular weight is 434 g/mol. The summed E-state index contributed by atoms with van der Waals surface area (Å²) in [5.41, 5.74) is 3.17. The maximum Gasteiger partial charge on any atom is 0.316 e. The highest BCUT2D eigenvalue weighted by Gasteiger charge is 2.13. The van der Waals surface area contributed by atoms with Crippen LogP contribution in [0.3, 0.4) is 0 Å². The number of hydrogen-bond acceptors (Lipinski definition) is 5. The van der Waals surface area contributed by atoms with Gasteiger partial charge in [0.1, 0.15) is 5.82 Å². The van der Waals surface area contributed by atoms with Crippen molar-refractivity contribution in [3.05, 3.63) is 74.4 Å². The molecule has 152 valence electrons. The monoisotopic (exact) mass is 433 g/mol. The zero-order valence-electron chi connectivity index (χ0n) is 16.5. The first kappa shape index (κ1) is 21.2. The number of aromatic nitrogens is 2. The van der Waals surface area contributed by atoms with Crippen LogP contribution in [0.1, 0.15) is 16.7 Å². The third-order valence-electron chi connectivity index (χ3n) is 4.58. The van der Waals surface area contributed by atoms with E-state index < -0.39 is 11.4 Å². The molecule has 0 aliphatic rings. The van der Waals surface area contributed by atoms with Crippen LogP contribution in [0.5, 0.6) is 5.75 Å². The summed E-state index contributed by atoms with van der Waals surface area (Å²) < 4.78 is 20.6. The Kier molecular flexibility index (Phi) is 6.49. The molecule has 0 unspecified atom stereocenters. The van der Waals surface area contributed by atoms with Gasteiger partial charge in [-0.1, -0.05) is 11.6 Å². The van der Waals surface area contributed by atoms with Crippen molar-refractivity contribution in [2.24, 2.45) is 0 Å². The second-order valence-corrected chi connectivity index (χ2v) is 7.90. The highest BCUT2D eigenvalue weighted by molar-refractivity contribution is 7.98. The fraction of sp³-hybridized carbons (Fsp3) is 0.238. The van der Waals surface area contributed by atoms with E-state index in [2.05, 4.69) is 16.4 Å². The van der Waals surface area contributed by atoms with Crippen LogP contribution in [0.15, 0.2) is 46.2 Å². The Bertz CT molecular complexity index is 1100. The zero-order chi connectivity index (χ0) is 21.1. The first-order chi connectivity index (χ1) is 13.8. The molecular weight excluding hydrogens is 413 g/mol. The van der Waals surface area contributed by atoms with E-state index in [1.165, 1.54) is 19.2 Å². The lowest BCUT2D eigenvalue weighted by Gasteiger charge is -2.18. The molecule has 0 saturated carbocycles. The number of methoxy groups -OCH3 is 1. The normalized spacial score (nSPS) is 10.8. The van der Waals surface area contributed by atoms with Gasteiger partial charge in [-0.25, -0.2) is 4.39 Å². The van der Waals surface area contributed by atoms with Crippen LogP contribution in [0.4, 0.5) is 16.0 Å². The molecule has 0 radical (unpaired) electrons. The van der Waals surface area contributed by atoms with Crippen LogP contribution in [-0.2, 0) is 6.54 Å². The highest BCUT2D eigenvalue weighted by atomic mass is 35.5. The molecule has 0 saturated heterocycles. The maximum atomic E-state index is 13.8. The maximum absolute atomic E-state index is 13.8. The van der Waals surface area contributed by atoms with Gasteiger partial charge in [-0.2, -0.15) is 4.98 Å². The topological polar surface area (TPSA) is 56.1 Å². The Labute approximate surface area is 177 Å². The van der Waals surface area contributed by atoms with Crippen molar-refractivity contribution in [2.75, 3.05) is 18.7 Å². The molecule has 0 fully saturated rings. The van der Waals surface area contributed by atoms with Gasteiger partial charge in [-0.3, -0.25) is 4.79 Å². The van der Waals surface area contributed by atoms with Crippen LogP contribution in [0.25, 0.3) is 0 Å². The third kappa shape index (κ3) is 4.92. The van der Waals surface area contributed by atoms with Gasteiger partial charge in [0.2, 0.25) is 11.7 Å². The summed E-state index contributed by atoms with van der Waals surface area (Å²) in [6.45, 7) is 4.29. The average Bonchev–Trinajstić information content (AvgIpc) is 2.66. The van der Waals surface area contributed by atoms with Gasteiger partial charge in [0, 0.05) is 15.6 Å². The Morgan fingerprint density at radius 2 is 2.00 bits per heavy atom. The van der Waals surface area contributed by atoms with E-state index in [1.54, 1.807) is 28.6 Å². The summed E-state index contributed by atoms with van der Waals surface area (Å²) in [5.74, 6) is 0.00266. The van der Waals surface area contributed by atoms with Gasteiger partial charge in [0.25, 0.3) is 0 Å². The first-order valence-electron chi connectivity index (χ1n) is 8.83. The Morgan fingerprint density at radius 3 is 2.66 bits per heavy atom. The summed E-state index contributed by atoms with van der Waals surface area (Å²) in [4.78, 5) is 17.5. The van der Waals surface area contributed by atoms with E-state index in [0.717, 1.165) is 21.7 Å². The summed E-state index contributed by atoms with van der Waals surface area (Å²) >= 11 is 7.61. The predicted octanol–water partition coefficient (Wildman–Crippen LogP) is 5.18. The molecule has 5 nitrogen and oxygen atoms in total. The molecule has 3 aromatic rings. The smallest absolute Gasteiger partial charge is 0.316 e. The Balaban J connectivity index is 2.07. The lowest BCUT2D eigenvalue weighted by molar-refractivity contribution is 0.402. The molecule has 1 heterocycles. The van der Waals surface area contributed by atoms with E-state index in [0.29, 0.717) is 16.5 Å². The molecule has 0 bridgehead atoms. The van der Waals surface area contributed by atoms with Gasteiger partial charge in [-0.15, -0.1) is 11.8 Å². The molecule has 1 aromatic heterocycles. The molecule has 2 aromatic carbocycles. The van der Waals surface area contributed by atoms with Crippen molar-refractivity contribution >= 4 is 35.0 Å². The lowest BCUT2D eigenvalue weighted by atomic mass is 10.1. The second-order valence-electron chi connectivity index (χ2n) is 6.59. The molecule has 3 rings (SSSR count). The van der Waals surface area contributed by atoms with Crippen molar-refractivity contribution in [2.45, 2.75) is 25.3 Å². The van der Waals surface area contributed by atoms with Crippen LogP contribution >= 0.6 is 23.4 Å². The van der Waals surface area contributed by atoms with Crippen molar-refractivity contribution < 1.29 is 9.13 Å². The number of aryl methyl sites for hydroxylation is 1. The van der Waals surface area contributed by atoms with Gasteiger partial charge in [0.05, 0.1) is 19.9 Å². The number of benzene rings is 2. The number of ether oxygens (including phenoxy) is 1. The number of hydrogen-bond donors (Lipinski definition) is 1. The van der Waals surface area contributed by atoms with E-state index >= 15 is 0 Å². The van der Waals surface area contributed by atoms with Crippen molar-refractivity contribution in [1.82, 2.24) is 9.55 Å². The molecule has 0 aliphatic carbocycles. The summed E-state index contributed by atoms with van der Waals surface area (Å²) in [6, 6.07) is 8.42. The number of halogens is 2. The van der Waals surface area contributed by atoms with Crippen LogP contribution in [-0.4, -0.2) is 22.9 Å². The van der Waals surface area contributed by atoms with Gasteiger partial charge in [0.15, 0.2) is 0 Å². The number of thioether (sulfide) groups is 1. The minimum absolute atomic E-state index is 0.101. The molecule has 0 atom stereocenters. The molecule has 29 heavy (non-hydrogen) atoms. The summed E-state index contributed by atoms with van der Waals surface area (Å²) in [7, 11) is 1.41. The Morgan fingerprint density at radius 1 is 1.24 bits per heavy atom. The number of anilines is 2. The minimum Gasteiger partial charge on any atom is -0.490 e. The van der Waals surface area contributed by atoms with Crippen molar-refractivity contribution in [3.8, 4) is 5.75 Å². The fourth-order valence-corrected chi connectivity index (χ4v) is 3.70. The number of rotatable bonds is 6. The van der Waals surface area contributed by atoms with Crippen LogP contribution in [0.2, 0.25) is 5.02 Å². The molecule has 1 N–H and O–H groups in total. The second kappa shape index (κ2) is 8.88. The fourth-order valence-electron chi connectivity index (χ4n) is 2.93.